The van der Waals surface area contributed by atoms with Crippen LogP contribution in [-0.4, -0.2) is 55.6 Å². The zero-order valence-electron chi connectivity index (χ0n) is 11.3. The molecule has 0 radical (unpaired) electrons. The molecule has 0 aromatic heterocycles. The highest BCUT2D eigenvalue weighted by Gasteiger charge is 2.15. The quantitative estimate of drug-likeness (QED) is 0.504. The van der Waals surface area contributed by atoms with Crippen LogP contribution in [0.3, 0.4) is 0 Å². The minimum atomic E-state index is -0.570. The lowest BCUT2D eigenvalue weighted by molar-refractivity contribution is -0.908. The highest BCUT2D eigenvalue weighted by molar-refractivity contribution is 5.92. The summed E-state index contributed by atoms with van der Waals surface area (Å²) in [5, 5.41) is 18.7. The van der Waals surface area contributed by atoms with E-state index in [1.807, 2.05) is 0 Å². The van der Waals surface area contributed by atoms with Crippen molar-refractivity contribution in [3.8, 4) is 11.5 Å². The third kappa shape index (κ3) is 4.11. The van der Waals surface area contributed by atoms with Crippen molar-refractivity contribution in [3.05, 3.63) is 23.8 Å². The second-order valence-electron chi connectivity index (χ2n) is 4.80. The second-order valence-corrected chi connectivity index (χ2v) is 4.80. The van der Waals surface area contributed by atoms with E-state index in [4.69, 9.17) is 14.6 Å². The van der Waals surface area contributed by atoms with Gasteiger partial charge in [0, 0.05) is 12.5 Å². The van der Waals surface area contributed by atoms with Crippen molar-refractivity contribution in [1.82, 2.24) is 0 Å². The van der Waals surface area contributed by atoms with Gasteiger partial charge in [0.15, 0.2) is 0 Å². The number of phenolic OH excluding ortho intramolecular Hbond substituents is 2. The third-order valence-electron chi connectivity index (χ3n) is 3.31. The standard InChI is InChI=1S/C14H19NO5/c16-11-2-3-12(13(17)10-11)14(18)20-7-1-4-15-5-8-19-9-6-15/h2-3,10,16-17H,1,4-9H2/p+1. The highest BCUT2D eigenvalue weighted by atomic mass is 16.5. The summed E-state index contributed by atoms with van der Waals surface area (Å²) >= 11 is 0. The van der Waals surface area contributed by atoms with Gasteiger partial charge in [-0.3, -0.25) is 0 Å². The van der Waals surface area contributed by atoms with Crippen molar-refractivity contribution >= 4 is 5.97 Å². The Morgan fingerprint density at radius 1 is 1.30 bits per heavy atom. The summed E-state index contributed by atoms with van der Waals surface area (Å²) in [5.41, 5.74) is 0.0709. The van der Waals surface area contributed by atoms with Gasteiger partial charge in [-0.2, -0.15) is 0 Å². The molecule has 3 N–H and O–H groups in total. The number of nitrogens with one attached hydrogen (secondary N) is 1. The van der Waals surface area contributed by atoms with E-state index >= 15 is 0 Å². The molecule has 2 rings (SSSR count). The zero-order chi connectivity index (χ0) is 14.4. The molecule has 0 atom stereocenters. The van der Waals surface area contributed by atoms with Crippen LogP contribution in [0.25, 0.3) is 0 Å². The molecule has 0 bridgehead atoms. The van der Waals surface area contributed by atoms with Crippen LogP contribution < -0.4 is 4.90 Å². The van der Waals surface area contributed by atoms with Crippen molar-refractivity contribution in [2.24, 2.45) is 0 Å². The number of hydrogen-bond acceptors (Lipinski definition) is 5. The topological polar surface area (TPSA) is 80.4 Å². The van der Waals surface area contributed by atoms with E-state index < -0.39 is 5.97 Å². The van der Waals surface area contributed by atoms with Crippen molar-refractivity contribution in [2.75, 3.05) is 39.5 Å². The number of benzene rings is 1. The summed E-state index contributed by atoms with van der Waals surface area (Å²) < 4.78 is 10.4. The first-order valence-electron chi connectivity index (χ1n) is 6.77. The lowest BCUT2D eigenvalue weighted by Crippen LogP contribution is -3.14. The third-order valence-corrected chi connectivity index (χ3v) is 3.31. The maximum atomic E-state index is 11.7. The molecule has 1 aliphatic heterocycles. The van der Waals surface area contributed by atoms with Crippen LogP contribution in [0.1, 0.15) is 16.8 Å². The lowest BCUT2D eigenvalue weighted by atomic mass is 10.2. The molecule has 1 heterocycles. The van der Waals surface area contributed by atoms with Crippen LogP contribution >= 0.6 is 0 Å². The van der Waals surface area contributed by atoms with Gasteiger partial charge < -0.3 is 24.6 Å². The molecular formula is C14H20NO5+. The Morgan fingerprint density at radius 2 is 2.05 bits per heavy atom. The molecule has 1 saturated heterocycles. The number of carbonyl (C=O) groups excluding carboxylic acids is 1. The molecule has 6 nitrogen and oxygen atoms in total. The molecule has 0 saturated carbocycles. The molecule has 1 aliphatic rings. The van der Waals surface area contributed by atoms with Gasteiger partial charge in [-0.05, 0) is 12.1 Å². The van der Waals surface area contributed by atoms with Gasteiger partial charge in [-0.1, -0.05) is 0 Å². The van der Waals surface area contributed by atoms with E-state index in [1.165, 1.54) is 17.0 Å². The average molecular weight is 282 g/mol. The fourth-order valence-electron chi connectivity index (χ4n) is 2.17. The van der Waals surface area contributed by atoms with Crippen LogP contribution in [0.15, 0.2) is 18.2 Å². The number of morpholine rings is 1. The minimum absolute atomic E-state index is 0.0709. The van der Waals surface area contributed by atoms with E-state index in [2.05, 4.69) is 0 Å². The molecule has 1 aromatic carbocycles. The number of esters is 1. The average Bonchev–Trinajstić information content (AvgIpc) is 2.44. The van der Waals surface area contributed by atoms with Gasteiger partial charge in [0.25, 0.3) is 0 Å². The van der Waals surface area contributed by atoms with Crippen LogP contribution in [0.4, 0.5) is 0 Å². The number of quaternary nitrogens is 1. The summed E-state index contributed by atoms with van der Waals surface area (Å²) in [6.45, 7) is 4.83. The number of phenols is 2. The number of rotatable bonds is 5. The predicted octanol–water partition coefficient (Wildman–Crippen LogP) is -0.440. The summed E-state index contributed by atoms with van der Waals surface area (Å²) in [4.78, 5) is 13.2. The number of aromatic hydroxyl groups is 2. The van der Waals surface area contributed by atoms with Crippen LogP contribution in [0, 0.1) is 0 Å². The first-order valence-corrected chi connectivity index (χ1v) is 6.77. The molecule has 0 aliphatic carbocycles. The Kier molecular flexibility index (Phi) is 5.20. The SMILES string of the molecule is O=C(OCCC[NH+]1CCOCC1)c1ccc(O)cc1O. The van der Waals surface area contributed by atoms with E-state index in [0.29, 0.717) is 6.61 Å². The van der Waals surface area contributed by atoms with Crippen LogP contribution in [0.2, 0.25) is 0 Å². The fraction of sp³-hybridized carbons (Fsp3) is 0.500. The Hall–Kier alpha value is -1.79. The van der Waals surface area contributed by atoms with E-state index in [1.54, 1.807) is 0 Å². The monoisotopic (exact) mass is 282 g/mol. The summed E-state index contributed by atoms with van der Waals surface area (Å²) in [6, 6.07) is 3.81. The minimum Gasteiger partial charge on any atom is -0.508 e. The van der Waals surface area contributed by atoms with Crippen molar-refractivity contribution in [3.63, 3.8) is 0 Å². The Labute approximate surface area is 117 Å². The van der Waals surface area contributed by atoms with Gasteiger partial charge >= 0.3 is 5.97 Å². The normalized spacial score (nSPS) is 16.0. The first kappa shape index (κ1) is 14.6. The largest absolute Gasteiger partial charge is 0.508 e. The molecular weight excluding hydrogens is 262 g/mol. The number of carbonyl (C=O) groups is 1. The first-order chi connectivity index (χ1) is 9.66. The Balaban J connectivity index is 1.72. The molecule has 0 spiro atoms. The van der Waals surface area contributed by atoms with Gasteiger partial charge in [0.2, 0.25) is 0 Å². The molecule has 6 heteroatoms. The maximum absolute atomic E-state index is 11.7. The predicted molar refractivity (Wildman–Crippen MR) is 71.1 cm³/mol. The number of ether oxygens (including phenoxy) is 2. The van der Waals surface area contributed by atoms with Crippen molar-refractivity contribution in [1.29, 1.82) is 0 Å². The second kappa shape index (κ2) is 7.12. The Bertz CT molecular complexity index is 457. The molecule has 1 aromatic rings. The molecule has 20 heavy (non-hydrogen) atoms. The Morgan fingerprint density at radius 3 is 2.75 bits per heavy atom. The van der Waals surface area contributed by atoms with Gasteiger partial charge in [-0.25, -0.2) is 4.79 Å². The zero-order valence-corrected chi connectivity index (χ0v) is 11.3. The van der Waals surface area contributed by atoms with E-state index in [-0.39, 0.29) is 17.1 Å². The number of hydrogen-bond donors (Lipinski definition) is 3. The highest BCUT2D eigenvalue weighted by Crippen LogP contribution is 2.23. The van der Waals surface area contributed by atoms with E-state index in [0.717, 1.165) is 45.3 Å². The molecule has 0 amide bonds. The van der Waals surface area contributed by atoms with Crippen molar-refractivity contribution in [2.45, 2.75) is 6.42 Å². The van der Waals surface area contributed by atoms with Gasteiger partial charge in [0.05, 0.1) is 26.4 Å². The fourth-order valence-corrected chi connectivity index (χ4v) is 2.17. The molecule has 110 valence electrons. The molecule has 0 unspecified atom stereocenters. The van der Waals surface area contributed by atoms with Gasteiger partial charge in [0.1, 0.15) is 30.2 Å². The smallest absolute Gasteiger partial charge is 0.341 e. The molecule has 1 fully saturated rings. The van der Waals surface area contributed by atoms with Gasteiger partial charge in [-0.15, -0.1) is 0 Å². The summed E-state index contributed by atoms with van der Waals surface area (Å²) in [7, 11) is 0. The lowest BCUT2D eigenvalue weighted by Gasteiger charge is -2.23. The van der Waals surface area contributed by atoms with E-state index in [9.17, 15) is 9.90 Å². The summed E-state index contributed by atoms with van der Waals surface area (Å²) in [5.74, 6) is -0.928. The van der Waals surface area contributed by atoms with Crippen molar-refractivity contribution < 1.29 is 29.4 Å². The maximum Gasteiger partial charge on any atom is 0.341 e. The summed E-state index contributed by atoms with van der Waals surface area (Å²) in [6.07, 6.45) is 0.778. The van der Waals surface area contributed by atoms with Crippen LogP contribution in [0.5, 0.6) is 11.5 Å². The van der Waals surface area contributed by atoms with Crippen LogP contribution in [-0.2, 0) is 9.47 Å².